The fraction of sp³-hybridized carbons (Fsp3) is 0.0909. The predicted octanol–water partition coefficient (Wildman–Crippen LogP) is 2.63. The number of pyridine rings is 1. The van der Waals surface area contributed by atoms with Crippen LogP contribution in [-0.2, 0) is 13.1 Å². The average Bonchev–Trinajstić information content (AvgIpc) is 3.51. The highest BCUT2D eigenvalue weighted by Gasteiger charge is 2.13. The Morgan fingerprint density at radius 1 is 1.00 bits per heavy atom. The van der Waals surface area contributed by atoms with Crippen LogP contribution >= 0.6 is 0 Å². The number of rotatable bonds is 6. The van der Waals surface area contributed by atoms with Crippen LogP contribution in [0.15, 0.2) is 88.5 Å². The lowest BCUT2D eigenvalue weighted by molar-refractivity contribution is 0.0994. The van der Waals surface area contributed by atoms with Crippen LogP contribution in [0.25, 0.3) is 5.65 Å². The lowest BCUT2D eigenvalue weighted by Gasteiger charge is -2.06. The molecule has 0 aliphatic carbocycles. The topological polar surface area (TPSA) is 99.4 Å². The first kappa shape index (κ1) is 18.6. The molecule has 1 N–H and O–H groups in total. The van der Waals surface area contributed by atoms with E-state index < -0.39 is 0 Å². The summed E-state index contributed by atoms with van der Waals surface area (Å²) in [7, 11) is 0. The summed E-state index contributed by atoms with van der Waals surface area (Å²) in [5.41, 5.74) is 1.80. The second-order valence-electron chi connectivity index (χ2n) is 6.99. The Kier molecular flexibility index (Phi) is 4.68. The van der Waals surface area contributed by atoms with Crippen molar-refractivity contribution in [3.63, 3.8) is 0 Å². The summed E-state index contributed by atoms with van der Waals surface area (Å²) < 4.78 is 10.2. The molecule has 0 unspecified atom stereocenters. The standard InChI is InChI=1S/C22H18N6O3/c29-21(19-9-8-18(31-19)15-26-11-4-10-23-26)24-17-6-3-5-16(13-17)14-28-22(30)27-12-2-1-7-20(27)25-28/h1-13H,14-15H2,(H,24,29). The van der Waals surface area contributed by atoms with Crippen molar-refractivity contribution in [2.45, 2.75) is 13.1 Å². The van der Waals surface area contributed by atoms with E-state index in [1.54, 1.807) is 47.4 Å². The summed E-state index contributed by atoms with van der Waals surface area (Å²) in [4.78, 5) is 25.0. The van der Waals surface area contributed by atoms with E-state index in [0.717, 1.165) is 5.56 Å². The first-order valence-corrected chi connectivity index (χ1v) is 9.66. The van der Waals surface area contributed by atoms with Crippen molar-refractivity contribution in [2.24, 2.45) is 0 Å². The molecule has 0 radical (unpaired) electrons. The van der Waals surface area contributed by atoms with Crippen molar-refractivity contribution in [1.82, 2.24) is 24.0 Å². The second kappa shape index (κ2) is 7.79. The number of nitrogens with zero attached hydrogens (tertiary/aromatic N) is 5. The first-order valence-electron chi connectivity index (χ1n) is 9.66. The minimum Gasteiger partial charge on any atom is -0.454 e. The molecule has 5 aromatic rings. The number of aromatic nitrogens is 5. The van der Waals surface area contributed by atoms with Crippen molar-refractivity contribution in [1.29, 1.82) is 0 Å². The van der Waals surface area contributed by atoms with E-state index in [1.807, 2.05) is 36.5 Å². The zero-order valence-electron chi connectivity index (χ0n) is 16.4. The van der Waals surface area contributed by atoms with Crippen LogP contribution in [0.1, 0.15) is 21.9 Å². The minimum atomic E-state index is -0.353. The molecule has 4 aromatic heterocycles. The highest BCUT2D eigenvalue weighted by atomic mass is 16.4. The van der Waals surface area contributed by atoms with Crippen LogP contribution in [0.4, 0.5) is 5.69 Å². The van der Waals surface area contributed by atoms with Gasteiger partial charge in [-0.25, -0.2) is 9.48 Å². The molecule has 1 aromatic carbocycles. The molecule has 0 atom stereocenters. The molecule has 0 aliphatic heterocycles. The highest BCUT2D eigenvalue weighted by molar-refractivity contribution is 6.02. The van der Waals surface area contributed by atoms with Gasteiger partial charge < -0.3 is 9.73 Å². The molecule has 0 fully saturated rings. The van der Waals surface area contributed by atoms with E-state index in [1.165, 1.54) is 9.08 Å². The fourth-order valence-corrected chi connectivity index (χ4v) is 3.32. The van der Waals surface area contributed by atoms with Gasteiger partial charge in [0.15, 0.2) is 11.4 Å². The maximum absolute atomic E-state index is 12.6. The molecule has 0 saturated carbocycles. The van der Waals surface area contributed by atoms with E-state index in [2.05, 4.69) is 15.5 Å². The molecule has 1 amide bonds. The molecule has 0 saturated heterocycles. The third-order valence-corrected chi connectivity index (χ3v) is 4.77. The van der Waals surface area contributed by atoms with Crippen molar-refractivity contribution >= 4 is 17.2 Å². The first-order chi connectivity index (χ1) is 15.2. The van der Waals surface area contributed by atoms with Gasteiger partial charge >= 0.3 is 5.69 Å². The zero-order chi connectivity index (χ0) is 21.2. The van der Waals surface area contributed by atoms with E-state index in [0.29, 0.717) is 30.2 Å². The molecule has 0 aliphatic rings. The SMILES string of the molecule is O=C(Nc1cccc(Cn2nc3ccccn3c2=O)c1)c1ccc(Cn2cccn2)o1. The second-order valence-corrected chi connectivity index (χ2v) is 6.99. The van der Waals surface area contributed by atoms with Crippen LogP contribution < -0.4 is 11.0 Å². The Labute approximate surface area is 176 Å². The monoisotopic (exact) mass is 414 g/mol. The molecule has 0 bridgehead atoms. The summed E-state index contributed by atoms with van der Waals surface area (Å²) >= 11 is 0. The summed E-state index contributed by atoms with van der Waals surface area (Å²) in [5, 5.41) is 11.3. The Morgan fingerprint density at radius 3 is 2.77 bits per heavy atom. The van der Waals surface area contributed by atoms with Gasteiger partial charge in [-0.1, -0.05) is 18.2 Å². The summed E-state index contributed by atoms with van der Waals surface area (Å²) in [6.45, 7) is 0.739. The number of anilines is 1. The van der Waals surface area contributed by atoms with Gasteiger partial charge in [0, 0.05) is 24.3 Å². The third-order valence-electron chi connectivity index (χ3n) is 4.77. The van der Waals surface area contributed by atoms with Gasteiger partial charge in [0.05, 0.1) is 13.1 Å². The molecule has 9 nitrogen and oxygen atoms in total. The lowest BCUT2D eigenvalue weighted by Crippen LogP contribution is -2.21. The van der Waals surface area contributed by atoms with E-state index in [4.69, 9.17) is 4.42 Å². The van der Waals surface area contributed by atoms with Gasteiger partial charge in [0.1, 0.15) is 5.76 Å². The Hall–Kier alpha value is -4.40. The number of nitrogens with one attached hydrogen (secondary N) is 1. The van der Waals surface area contributed by atoms with Crippen molar-refractivity contribution in [2.75, 3.05) is 5.32 Å². The van der Waals surface area contributed by atoms with Gasteiger partial charge in [-0.15, -0.1) is 5.10 Å². The van der Waals surface area contributed by atoms with Crippen molar-refractivity contribution in [3.8, 4) is 0 Å². The number of carbonyl (C=O) groups excluding carboxylic acids is 1. The quantitative estimate of drug-likeness (QED) is 0.461. The number of carbonyl (C=O) groups is 1. The van der Waals surface area contributed by atoms with Crippen LogP contribution in [0.5, 0.6) is 0 Å². The molecule has 4 heterocycles. The Balaban J connectivity index is 1.30. The summed E-state index contributed by atoms with van der Waals surface area (Å²) in [5.74, 6) is 0.492. The molecule has 31 heavy (non-hydrogen) atoms. The summed E-state index contributed by atoms with van der Waals surface area (Å²) in [6.07, 6.45) is 5.19. The number of hydrogen-bond donors (Lipinski definition) is 1. The molecule has 0 spiro atoms. The number of hydrogen-bond acceptors (Lipinski definition) is 5. The van der Waals surface area contributed by atoms with Crippen LogP contribution in [0.3, 0.4) is 0 Å². The molecule has 5 rings (SSSR count). The zero-order valence-corrected chi connectivity index (χ0v) is 16.4. The van der Waals surface area contributed by atoms with E-state index in [9.17, 15) is 9.59 Å². The van der Waals surface area contributed by atoms with Crippen LogP contribution in [0, 0.1) is 0 Å². The molecule has 9 heteroatoms. The molecular formula is C22H18N6O3. The normalized spacial score (nSPS) is 11.1. The maximum Gasteiger partial charge on any atom is 0.350 e. The molecule has 154 valence electrons. The average molecular weight is 414 g/mol. The van der Waals surface area contributed by atoms with Crippen LogP contribution in [-0.4, -0.2) is 29.9 Å². The van der Waals surface area contributed by atoms with Gasteiger partial charge in [0.2, 0.25) is 0 Å². The van der Waals surface area contributed by atoms with Crippen molar-refractivity contribution in [3.05, 3.63) is 107 Å². The third kappa shape index (κ3) is 3.88. The van der Waals surface area contributed by atoms with Crippen molar-refractivity contribution < 1.29 is 9.21 Å². The highest BCUT2D eigenvalue weighted by Crippen LogP contribution is 2.15. The fourth-order valence-electron chi connectivity index (χ4n) is 3.32. The van der Waals surface area contributed by atoms with Gasteiger partial charge in [-0.2, -0.15) is 5.10 Å². The number of amides is 1. The number of fused-ring (bicyclic) bond motifs is 1. The van der Waals surface area contributed by atoms with Gasteiger partial charge in [-0.05, 0) is 48.0 Å². The predicted molar refractivity (Wildman–Crippen MR) is 113 cm³/mol. The maximum atomic E-state index is 12.6. The number of benzene rings is 1. The van der Waals surface area contributed by atoms with Gasteiger partial charge in [0.25, 0.3) is 5.91 Å². The number of furan rings is 1. The molecular weight excluding hydrogens is 396 g/mol. The minimum absolute atomic E-state index is 0.212. The Morgan fingerprint density at radius 2 is 1.94 bits per heavy atom. The van der Waals surface area contributed by atoms with E-state index >= 15 is 0 Å². The Bertz CT molecular complexity index is 1410. The lowest BCUT2D eigenvalue weighted by atomic mass is 10.2. The van der Waals surface area contributed by atoms with Gasteiger partial charge in [-0.3, -0.25) is 13.9 Å². The van der Waals surface area contributed by atoms with Crippen LogP contribution in [0.2, 0.25) is 0 Å². The van der Waals surface area contributed by atoms with E-state index in [-0.39, 0.29) is 17.4 Å². The smallest absolute Gasteiger partial charge is 0.350 e. The largest absolute Gasteiger partial charge is 0.454 e. The summed E-state index contributed by atoms with van der Waals surface area (Å²) in [6, 6.07) is 17.9.